The molecule has 2 rings (SSSR count). The van der Waals surface area contributed by atoms with Gasteiger partial charge in [-0.25, -0.2) is 0 Å². The van der Waals surface area contributed by atoms with Gasteiger partial charge in [0.05, 0.1) is 19.3 Å². The summed E-state index contributed by atoms with van der Waals surface area (Å²) in [4.78, 5) is 9.10. The molecule has 0 spiro atoms. The van der Waals surface area contributed by atoms with Crippen LogP contribution in [-0.2, 0) is 9.47 Å². The molecule has 0 aromatic rings. The van der Waals surface area contributed by atoms with Gasteiger partial charge in [-0.2, -0.15) is 0 Å². The first-order valence-electron chi connectivity index (χ1n) is 7.51. The molecule has 0 aromatic heterocycles. The SMILES string of the molecule is CN=C(NCC1CCCN1C)N1CCOC(COC)C1. The molecule has 0 saturated carbocycles. The number of ether oxygens (including phenoxy) is 2. The molecule has 116 valence electrons. The molecule has 2 aliphatic heterocycles. The summed E-state index contributed by atoms with van der Waals surface area (Å²) in [5.74, 6) is 0.981. The van der Waals surface area contributed by atoms with Crippen molar-refractivity contribution in [2.24, 2.45) is 4.99 Å². The smallest absolute Gasteiger partial charge is 0.193 e. The molecule has 2 fully saturated rings. The van der Waals surface area contributed by atoms with Crippen LogP contribution < -0.4 is 5.32 Å². The molecule has 2 heterocycles. The van der Waals surface area contributed by atoms with E-state index >= 15 is 0 Å². The van der Waals surface area contributed by atoms with Gasteiger partial charge in [-0.05, 0) is 26.4 Å². The lowest BCUT2D eigenvalue weighted by molar-refractivity contribution is -0.0447. The van der Waals surface area contributed by atoms with Crippen molar-refractivity contribution < 1.29 is 9.47 Å². The van der Waals surface area contributed by atoms with Gasteiger partial charge in [0, 0.05) is 39.8 Å². The van der Waals surface area contributed by atoms with Crippen LogP contribution in [0.1, 0.15) is 12.8 Å². The standard InChI is InChI=1S/C14H28N4O2/c1-15-14(16-9-12-5-4-6-17(12)2)18-7-8-20-13(10-18)11-19-3/h12-13H,4-11H2,1-3H3,(H,15,16). The van der Waals surface area contributed by atoms with Gasteiger partial charge in [-0.1, -0.05) is 0 Å². The highest BCUT2D eigenvalue weighted by atomic mass is 16.5. The van der Waals surface area contributed by atoms with Crippen LogP contribution in [0.3, 0.4) is 0 Å². The van der Waals surface area contributed by atoms with E-state index in [2.05, 4.69) is 27.2 Å². The molecule has 0 radical (unpaired) electrons. The normalized spacial score (nSPS) is 28.9. The number of morpholine rings is 1. The zero-order chi connectivity index (χ0) is 14.4. The zero-order valence-electron chi connectivity index (χ0n) is 13.0. The second-order valence-corrected chi connectivity index (χ2v) is 5.60. The van der Waals surface area contributed by atoms with Crippen molar-refractivity contribution >= 4 is 5.96 Å². The Kier molecular flexibility index (Phi) is 6.06. The summed E-state index contributed by atoms with van der Waals surface area (Å²) < 4.78 is 10.9. The van der Waals surface area contributed by atoms with Crippen LogP contribution in [0.15, 0.2) is 4.99 Å². The van der Waals surface area contributed by atoms with Gasteiger partial charge in [0.25, 0.3) is 0 Å². The Hall–Kier alpha value is -0.850. The first-order valence-corrected chi connectivity index (χ1v) is 7.51. The molecule has 6 heteroatoms. The number of nitrogens with one attached hydrogen (secondary N) is 1. The van der Waals surface area contributed by atoms with Gasteiger partial charge in [-0.15, -0.1) is 0 Å². The first kappa shape index (κ1) is 15.5. The Morgan fingerprint density at radius 2 is 2.30 bits per heavy atom. The van der Waals surface area contributed by atoms with Gasteiger partial charge < -0.3 is 24.6 Å². The third-order valence-corrected chi connectivity index (χ3v) is 4.17. The predicted molar refractivity (Wildman–Crippen MR) is 80.2 cm³/mol. The minimum Gasteiger partial charge on any atom is -0.382 e. The summed E-state index contributed by atoms with van der Waals surface area (Å²) in [6.07, 6.45) is 2.71. The molecule has 2 unspecified atom stereocenters. The first-order chi connectivity index (χ1) is 9.74. The van der Waals surface area contributed by atoms with Crippen molar-refractivity contribution in [1.29, 1.82) is 0 Å². The zero-order valence-corrected chi connectivity index (χ0v) is 13.0. The molecule has 1 N–H and O–H groups in total. The Morgan fingerprint density at radius 3 is 2.95 bits per heavy atom. The summed E-state index contributed by atoms with van der Waals surface area (Å²) in [6.45, 7) is 5.28. The molecule has 0 aliphatic carbocycles. The molecule has 6 nitrogen and oxygen atoms in total. The van der Waals surface area contributed by atoms with Crippen LogP contribution in [0.5, 0.6) is 0 Å². The van der Waals surface area contributed by atoms with Crippen molar-refractivity contribution in [3.8, 4) is 0 Å². The van der Waals surface area contributed by atoms with Crippen molar-refractivity contribution in [2.75, 3.05) is 60.6 Å². The third kappa shape index (κ3) is 4.07. The Balaban J connectivity index is 1.81. The van der Waals surface area contributed by atoms with E-state index < -0.39 is 0 Å². The molecular weight excluding hydrogens is 256 g/mol. The Bertz CT molecular complexity index is 322. The van der Waals surface area contributed by atoms with E-state index in [9.17, 15) is 0 Å². The van der Waals surface area contributed by atoms with E-state index in [1.807, 2.05) is 7.05 Å². The number of rotatable bonds is 4. The van der Waals surface area contributed by atoms with Crippen LogP contribution in [0, 0.1) is 0 Å². The van der Waals surface area contributed by atoms with E-state index in [1.165, 1.54) is 19.4 Å². The Labute approximate surface area is 122 Å². The second-order valence-electron chi connectivity index (χ2n) is 5.60. The van der Waals surface area contributed by atoms with E-state index in [4.69, 9.17) is 9.47 Å². The predicted octanol–water partition coefficient (Wildman–Crippen LogP) is 0.00320. The average Bonchev–Trinajstić information content (AvgIpc) is 2.86. The maximum absolute atomic E-state index is 5.68. The topological polar surface area (TPSA) is 49.3 Å². The summed E-state index contributed by atoms with van der Waals surface area (Å²) in [7, 11) is 5.76. The number of hydrogen-bond acceptors (Lipinski definition) is 4. The minimum atomic E-state index is 0.140. The van der Waals surface area contributed by atoms with E-state index in [0.717, 1.165) is 32.2 Å². The van der Waals surface area contributed by atoms with Crippen LogP contribution in [0.25, 0.3) is 0 Å². The highest BCUT2D eigenvalue weighted by Crippen LogP contribution is 2.14. The van der Waals surface area contributed by atoms with Gasteiger partial charge in [-0.3, -0.25) is 4.99 Å². The largest absolute Gasteiger partial charge is 0.382 e. The van der Waals surface area contributed by atoms with E-state index in [0.29, 0.717) is 12.6 Å². The number of guanidine groups is 1. The van der Waals surface area contributed by atoms with Crippen LogP contribution in [-0.4, -0.2) is 88.5 Å². The summed E-state index contributed by atoms with van der Waals surface area (Å²) in [6, 6.07) is 0.627. The maximum atomic E-state index is 5.68. The number of methoxy groups -OCH3 is 1. The van der Waals surface area contributed by atoms with Crippen LogP contribution >= 0.6 is 0 Å². The summed E-state index contributed by atoms with van der Waals surface area (Å²) >= 11 is 0. The summed E-state index contributed by atoms with van der Waals surface area (Å²) in [5.41, 5.74) is 0. The molecule has 20 heavy (non-hydrogen) atoms. The molecule has 2 saturated heterocycles. The van der Waals surface area contributed by atoms with Crippen molar-refractivity contribution in [3.63, 3.8) is 0 Å². The molecule has 0 bridgehead atoms. The number of aliphatic imine (C=N–C) groups is 1. The van der Waals surface area contributed by atoms with Crippen LogP contribution in [0.4, 0.5) is 0 Å². The van der Waals surface area contributed by atoms with Crippen molar-refractivity contribution in [3.05, 3.63) is 0 Å². The molecule has 2 aliphatic rings. The fraction of sp³-hybridized carbons (Fsp3) is 0.929. The molecule has 0 aromatic carbocycles. The highest BCUT2D eigenvalue weighted by molar-refractivity contribution is 5.80. The highest BCUT2D eigenvalue weighted by Gasteiger charge is 2.25. The van der Waals surface area contributed by atoms with Crippen molar-refractivity contribution in [2.45, 2.75) is 25.0 Å². The number of likely N-dealkylation sites (tertiary alicyclic amines) is 1. The van der Waals surface area contributed by atoms with Gasteiger partial charge in [0.15, 0.2) is 5.96 Å². The minimum absolute atomic E-state index is 0.140. The number of hydrogen-bond donors (Lipinski definition) is 1. The number of likely N-dealkylation sites (N-methyl/N-ethyl adjacent to an activating group) is 1. The monoisotopic (exact) mass is 284 g/mol. The van der Waals surface area contributed by atoms with E-state index in [-0.39, 0.29) is 6.10 Å². The van der Waals surface area contributed by atoms with Gasteiger partial charge in [0.2, 0.25) is 0 Å². The lowest BCUT2D eigenvalue weighted by Crippen LogP contribution is -2.53. The fourth-order valence-electron chi connectivity index (χ4n) is 2.98. The maximum Gasteiger partial charge on any atom is 0.193 e. The summed E-state index contributed by atoms with van der Waals surface area (Å²) in [5, 5.41) is 3.51. The third-order valence-electron chi connectivity index (χ3n) is 4.17. The molecular formula is C14H28N4O2. The fourth-order valence-corrected chi connectivity index (χ4v) is 2.98. The lowest BCUT2D eigenvalue weighted by atomic mass is 10.2. The molecule has 0 amide bonds. The number of nitrogens with zero attached hydrogens (tertiary/aromatic N) is 3. The Morgan fingerprint density at radius 1 is 1.45 bits per heavy atom. The lowest BCUT2D eigenvalue weighted by Gasteiger charge is -2.35. The van der Waals surface area contributed by atoms with Gasteiger partial charge >= 0.3 is 0 Å². The van der Waals surface area contributed by atoms with E-state index in [1.54, 1.807) is 7.11 Å². The van der Waals surface area contributed by atoms with Crippen molar-refractivity contribution in [1.82, 2.24) is 15.1 Å². The van der Waals surface area contributed by atoms with Gasteiger partial charge in [0.1, 0.15) is 0 Å². The quantitative estimate of drug-likeness (QED) is 0.582. The average molecular weight is 284 g/mol. The second kappa shape index (κ2) is 7.81. The molecule has 2 atom stereocenters. The van der Waals surface area contributed by atoms with Crippen LogP contribution in [0.2, 0.25) is 0 Å².